The summed E-state index contributed by atoms with van der Waals surface area (Å²) >= 11 is 6.29. The Bertz CT molecular complexity index is 1040. The van der Waals surface area contributed by atoms with Crippen LogP contribution in [0, 0.1) is 0 Å². The molecule has 10 heteroatoms. The number of fused-ring (bicyclic) bond motifs is 1. The van der Waals surface area contributed by atoms with E-state index in [0.29, 0.717) is 48.5 Å². The Hall–Kier alpha value is -2.23. The molecule has 0 bridgehead atoms. The number of amides is 1. The first-order valence-corrected chi connectivity index (χ1v) is 11.2. The number of aryl methyl sites for hydroxylation is 1. The smallest absolute Gasteiger partial charge is 0.272 e. The second-order valence-electron chi connectivity index (χ2n) is 7.07. The summed E-state index contributed by atoms with van der Waals surface area (Å²) in [6, 6.07) is 4.61. The van der Waals surface area contributed by atoms with Gasteiger partial charge in [-0.1, -0.05) is 11.6 Å². The fourth-order valence-corrected chi connectivity index (χ4v) is 5.23. The van der Waals surface area contributed by atoms with E-state index in [4.69, 9.17) is 21.1 Å². The van der Waals surface area contributed by atoms with Crippen molar-refractivity contribution in [2.45, 2.75) is 24.2 Å². The minimum absolute atomic E-state index is 0.108. The number of benzene rings is 1. The van der Waals surface area contributed by atoms with Gasteiger partial charge in [-0.15, -0.1) is 0 Å². The second-order valence-corrected chi connectivity index (χ2v) is 9.41. The minimum atomic E-state index is -3.60. The molecule has 0 atom stereocenters. The van der Waals surface area contributed by atoms with Crippen molar-refractivity contribution in [2.75, 3.05) is 31.6 Å². The van der Waals surface area contributed by atoms with Crippen LogP contribution in [0.2, 0.25) is 5.02 Å². The van der Waals surface area contributed by atoms with Gasteiger partial charge in [0.2, 0.25) is 10.0 Å². The number of nitrogens with zero attached hydrogens (tertiary/aromatic N) is 2. The largest absolute Gasteiger partial charge is 0.490 e. The first-order chi connectivity index (χ1) is 13.9. The summed E-state index contributed by atoms with van der Waals surface area (Å²) in [5.41, 5.74) is 0.581. The van der Waals surface area contributed by atoms with Gasteiger partial charge in [0, 0.05) is 44.9 Å². The minimum Gasteiger partial charge on any atom is -0.490 e. The first kappa shape index (κ1) is 20.1. The Morgan fingerprint density at radius 3 is 2.41 bits per heavy atom. The molecule has 2 aromatic rings. The normalized spacial score (nSPS) is 17.2. The molecule has 1 fully saturated rings. The van der Waals surface area contributed by atoms with E-state index in [1.54, 1.807) is 19.2 Å². The van der Waals surface area contributed by atoms with E-state index < -0.39 is 15.9 Å². The Labute approximate surface area is 174 Å². The van der Waals surface area contributed by atoms with Crippen LogP contribution in [-0.2, 0) is 17.1 Å². The van der Waals surface area contributed by atoms with E-state index in [-0.39, 0.29) is 10.6 Å². The molecule has 0 aliphatic carbocycles. The number of anilines is 1. The predicted molar refractivity (Wildman–Crippen MR) is 108 cm³/mol. The third-order valence-electron chi connectivity index (χ3n) is 5.00. The van der Waals surface area contributed by atoms with Gasteiger partial charge in [-0.25, -0.2) is 8.42 Å². The summed E-state index contributed by atoms with van der Waals surface area (Å²) in [4.78, 5) is 12.9. The number of hydrogen-bond donors (Lipinski definition) is 1. The van der Waals surface area contributed by atoms with Crippen LogP contribution in [0.3, 0.4) is 0 Å². The van der Waals surface area contributed by atoms with Crippen molar-refractivity contribution in [3.63, 3.8) is 0 Å². The lowest BCUT2D eigenvalue weighted by Crippen LogP contribution is -2.27. The van der Waals surface area contributed by atoms with Crippen molar-refractivity contribution >= 4 is 33.2 Å². The van der Waals surface area contributed by atoms with Gasteiger partial charge in [-0.2, -0.15) is 4.31 Å². The van der Waals surface area contributed by atoms with Crippen molar-refractivity contribution in [1.82, 2.24) is 8.87 Å². The molecular weight excluding hydrogens is 418 g/mol. The Kier molecular flexibility index (Phi) is 5.46. The molecule has 156 valence electrons. The van der Waals surface area contributed by atoms with Crippen LogP contribution in [0.4, 0.5) is 5.69 Å². The van der Waals surface area contributed by atoms with Gasteiger partial charge >= 0.3 is 0 Å². The van der Waals surface area contributed by atoms with E-state index >= 15 is 0 Å². The lowest BCUT2D eigenvalue weighted by atomic mass is 10.2. The molecule has 1 amide bonds. The van der Waals surface area contributed by atoms with Gasteiger partial charge < -0.3 is 19.4 Å². The molecule has 2 aliphatic heterocycles. The molecule has 0 unspecified atom stereocenters. The van der Waals surface area contributed by atoms with Crippen LogP contribution in [0.1, 0.15) is 29.8 Å². The monoisotopic (exact) mass is 439 g/mol. The lowest BCUT2D eigenvalue weighted by Gasteiger charge is -2.13. The highest BCUT2D eigenvalue weighted by Crippen LogP contribution is 2.38. The van der Waals surface area contributed by atoms with Crippen LogP contribution in [0.5, 0.6) is 11.5 Å². The van der Waals surface area contributed by atoms with Gasteiger partial charge in [0.25, 0.3) is 5.91 Å². The molecule has 1 N–H and O–H groups in total. The van der Waals surface area contributed by atoms with Crippen molar-refractivity contribution < 1.29 is 22.7 Å². The lowest BCUT2D eigenvalue weighted by molar-refractivity contribution is 0.101. The fraction of sp³-hybridized carbons (Fsp3) is 0.421. The summed E-state index contributed by atoms with van der Waals surface area (Å²) in [6.45, 7) is 2.06. The zero-order valence-electron chi connectivity index (χ0n) is 16.0. The van der Waals surface area contributed by atoms with E-state index in [2.05, 4.69) is 5.32 Å². The molecule has 29 heavy (non-hydrogen) atoms. The van der Waals surface area contributed by atoms with E-state index in [9.17, 15) is 13.2 Å². The molecule has 0 saturated carbocycles. The number of ether oxygens (including phenoxy) is 2. The van der Waals surface area contributed by atoms with E-state index in [1.165, 1.54) is 21.1 Å². The molecular formula is C19H22ClN3O5S. The van der Waals surface area contributed by atoms with Crippen molar-refractivity contribution in [3.05, 3.63) is 35.1 Å². The number of carbonyl (C=O) groups is 1. The third-order valence-corrected chi connectivity index (χ3v) is 7.18. The predicted octanol–water partition coefficient (Wildman–Crippen LogP) is 2.88. The average Bonchev–Trinajstić information content (AvgIpc) is 3.30. The van der Waals surface area contributed by atoms with Crippen LogP contribution in [-0.4, -0.2) is 49.5 Å². The molecule has 3 heterocycles. The number of halogens is 1. The molecule has 1 aromatic carbocycles. The summed E-state index contributed by atoms with van der Waals surface area (Å²) in [7, 11) is -1.97. The average molecular weight is 440 g/mol. The SMILES string of the molecule is Cn1cc(S(=O)(=O)N2CCCC2)cc1C(=O)Nc1cc2c(cc1Cl)OCCCO2. The highest BCUT2D eigenvalue weighted by Gasteiger charge is 2.29. The van der Waals surface area contributed by atoms with Crippen molar-refractivity contribution in [2.24, 2.45) is 7.05 Å². The maximum Gasteiger partial charge on any atom is 0.272 e. The number of nitrogens with one attached hydrogen (secondary N) is 1. The molecule has 0 radical (unpaired) electrons. The van der Waals surface area contributed by atoms with Gasteiger partial charge in [-0.3, -0.25) is 4.79 Å². The zero-order valence-corrected chi connectivity index (χ0v) is 17.6. The van der Waals surface area contributed by atoms with Crippen molar-refractivity contribution in [1.29, 1.82) is 0 Å². The highest BCUT2D eigenvalue weighted by molar-refractivity contribution is 7.89. The molecule has 4 rings (SSSR count). The van der Waals surface area contributed by atoms with Crippen molar-refractivity contribution in [3.8, 4) is 11.5 Å². The molecule has 1 aromatic heterocycles. The molecule has 2 aliphatic rings. The van der Waals surface area contributed by atoms with Gasteiger partial charge in [0.15, 0.2) is 11.5 Å². The van der Waals surface area contributed by atoms with Gasteiger partial charge in [0.05, 0.1) is 23.9 Å². The molecule has 1 saturated heterocycles. The fourth-order valence-electron chi connectivity index (χ4n) is 3.44. The van der Waals surface area contributed by atoms with Crippen LogP contribution in [0.25, 0.3) is 0 Å². The Morgan fingerprint density at radius 1 is 1.07 bits per heavy atom. The van der Waals surface area contributed by atoms with E-state index in [1.807, 2.05) is 0 Å². The molecule has 8 nitrogen and oxygen atoms in total. The summed E-state index contributed by atoms with van der Waals surface area (Å²) in [5, 5.41) is 3.04. The standard InChI is InChI=1S/C19H22ClN3O5S/c1-22-12-13(29(25,26)23-5-2-3-6-23)9-16(22)19(24)21-15-11-18-17(10-14(15)20)27-7-4-8-28-18/h9-12H,2-8H2,1H3,(H,21,24). The number of rotatable bonds is 4. The maximum absolute atomic E-state index is 12.8. The van der Waals surface area contributed by atoms with Gasteiger partial charge in [-0.05, 0) is 18.9 Å². The maximum atomic E-state index is 12.8. The van der Waals surface area contributed by atoms with Crippen LogP contribution < -0.4 is 14.8 Å². The topological polar surface area (TPSA) is 89.9 Å². The summed E-state index contributed by atoms with van der Waals surface area (Å²) < 4.78 is 39.7. The Balaban J connectivity index is 1.58. The Morgan fingerprint density at radius 2 is 1.72 bits per heavy atom. The van der Waals surface area contributed by atoms with Gasteiger partial charge in [0.1, 0.15) is 10.6 Å². The van der Waals surface area contributed by atoms with Crippen LogP contribution in [0.15, 0.2) is 29.3 Å². The third kappa shape index (κ3) is 3.94. The summed E-state index contributed by atoms with van der Waals surface area (Å²) in [6.07, 6.45) is 3.91. The van der Waals surface area contributed by atoms with E-state index in [0.717, 1.165) is 19.3 Å². The quantitative estimate of drug-likeness (QED) is 0.791. The molecule has 0 spiro atoms. The first-order valence-electron chi connectivity index (χ1n) is 9.43. The highest BCUT2D eigenvalue weighted by atomic mass is 35.5. The number of carbonyl (C=O) groups excluding carboxylic acids is 1. The zero-order chi connectivity index (χ0) is 20.6. The number of aromatic nitrogens is 1. The van der Waals surface area contributed by atoms with Crippen LogP contribution >= 0.6 is 11.6 Å². The number of hydrogen-bond acceptors (Lipinski definition) is 5. The summed E-state index contributed by atoms with van der Waals surface area (Å²) in [5.74, 6) is 0.571. The second kappa shape index (κ2) is 7.89. The number of sulfonamides is 1.